The van der Waals surface area contributed by atoms with Crippen molar-refractivity contribution in [2.24, 2.45) is 0 Å². The molecule has 1 N–H and O–H groups in total. The van der Waals surface area contributed by atoms with E-state index in [9.17, 15) is 13.2 Å². The zero-order valence-electron chi connectivity index (χ0n) is 20.2. The highest BCUT2D eigenvalue weighted by molar-refractivity contribution is 7.89. The normalized spacial score (nSPS) is 14.5. The maximum atomic E-state index is 13.0. The van der Waals surface area contributed by atoms with Crippen molar-refractivity contribution in [3.8, 4) is 11.5 Å². The van der Waals surface area contributed by atoms with E-state index in [0.29, 0.717) is 38.4 Å². The zero-order chi connectivity index (χ0) is 24.4. The molecule has 34 heavy (non-hydrogen) atoms. The van der Waals surface area contributed by atoms with E-state index in [4.69, 9.17) is 9.47 Å². The summed E-state index contributed by atoms with van der Waals surface area (Å²) in [4.78, 5) is 12.7. The molecule has 7 nitrogen and oxygen atoms in total. The largest absolute Gasteiger partial charge is 0.496 e. The minimum atomic E-state index is -3.53. The van der Waals surface area contributed by atoms with Gasteiger partial charge in [-0.05, 0) is 74.4 Å². The number of amides is 1. The Labute approximate surface area is 203 Å². The lowest BCUT2D eigenvalue weighted by molar-refractivity contribution is -0.121. The summed E-state index contributed by atoms with van der Waals surface area (Å²) in [6, 6.07) is 12.9. The lowest BCUT2D eigenvalue weighted by Crippen LogP contribution is -2.35. The average Bonchev–Trinajstić information content (AvgIpc) is 2.86. The van der Waals surface area contributed by atoms with Gasteiger partial charge in [-0.3, -0.25) is 4.79 Å². The number of sulfonamides is 1. The number of nitrogens with one attached hydrogen (secondary N) is 1. The number of nitrogens with zero attached hydrogens (tertiary/aromatic N) is 1. The Balaban J connectivity index is 1.53. The molecular formula is C26H36N2O5S. The number of hydrogen-bond donors (Lipinski definition) is 1. The Hall–Kier alpha value is -2.58. The summed E-state index contributed by atoms with van der Waals surface area (Å²) < 4.78 is 38.7. The van der Waals surface area contributed by atoms with Crippen LogP contribution in [0.2, 0.25) is 0 Å². The zero-order valence-corrected chi connectivity index (χ0v) is 21.0. The van der Waals surface area contributed by atoms with Crippen LogP contribution in [-0.2, 0) is 27.7 Å². The molecule has 186 valence electrons. The molecule has 0 atom stereocenters. The Morgan fingerprint density at radius 1 is 1.00 bits per heavy atom. The first-order chi connectivity index (χ1) is 16.5. The average molecular weight is 489 g/mol. The molecule has 0 spiro atoms. The molecule has 8 heteroatoms. The summed E-state index contributed by atoms with van der Waals surface area (Å²) in [6.45, 7) is 4.27. The number of hydrogen-bond acceptors (Lipinski definition) is 5. The maximum Gasteiger partial charge on any atom is 0.243 e. The molecule has 2 aromatic carbocycles. The van der Waals surface area contributed by atoms with Crippen LogP contribution in [-0.4, -0.2) is 52.0 Å². The van der Waals surface area contributed by atoms with Gasteiger partial charge in [-0.25, -0.2) is 8.42 Å². The number of aryl methyl sites for hydroxylation is 2. The highest BCUT2D eigenvalue weighted by Gasteiger charge is 2.26. The predicted molar refractivity (Wildman–Crippen MR) is 133 cm³/mol. The van der Waals surface area contributed by atoms with Gasteiger partial charge in [-0.2, -0.15) is 4.31 Å². The van der Waals surface area contributed by atoms with Gasteiger partial charge < -0.3 is 14.8 Å². The fraction of sp³-hybridized carbons (Fsp3) is 0.500. The molecule has 3 rings (SSSR count). The number of rotatable bonds is 12. The molecule has 0 radical (unpaired) electrons. The van der Waals surface area contributed by atoms with Gasteiger partial charge in [0, 0.05) is 26.1 Å². The van der Waals surface area contributed by atoms with Crippen molar-refractivity contribution in [1.29, 1.82) is 0 Å². The number of piperidine rings is 1. The molecule has 2 aromatic rings. The van der Waals surface area contributed by atoms with Crippen molar-refractivity contribution in [3.05, 3.63) is 53.6 Å². The third-order valence-electron chi connectivity index (χ3n) is 6.04. The summed E-state index contributed by atoms with van der Waals surface area (Å²) in [6.07, 6.45) is 5.14. The number of carbonyl (C=O) groups is 1. The summed E-state index contributed by atoms with van der Waals surface area (Å²) in [5.41, 5.74) is 1.86. The molecular weight excluding hydrogens is 452 g/mol. The van der Waals surface area contributed by atoms with E-state index < -0.39 is 10.0 Å². The van der Waals surface area contributed by atoms with E-state index in [2.05, 4.69) is 5.32 Å². The summed E-state index contributed by atoms with van der Waals surface area (Å²) in [5, 5.41) is 2.96. The van der Waals surface area contributed by atoms with Crippen LogP contribution in [0, 0.1) is 0 Å². The Kier molecular flexibility index (Phi) is 9.77. The number of methoxy groups -OCH3 is 1. The van der Waals surface area contributed by atoms with Gasteiger partial charge in [-0.1, -0.05) is 24.6 Å². The maximum absolute atomic E-state index is 13.0. The third kappa shape index (κ3) is 6.96. The number of ether oxygens (including phenoxy) is 2. The third-order valence-corrected chi connectivity index (χ3v) is 7.94. The monoisotopic (exact) mass is 488 g/mol. The van der Waals surface area contributed by atoms with Gasteiger partial charge in [0.1, 0.15) is 11.5 Å². The van der Waals surface area contributed by atoms with Crippen LogP contribution >= 0.6 is 0 Å². The standard InChI is InChI=1S/C26H36N2O5S/c1-3-33-25-12-6-5-10-21(25)11-9-17-27-26(29)16-13-22-20-23(14-15-24(22)32-2)34(30,31)28-18-7-4-8-19-28/h5-6,10,12,14-15,20H,3-4,7-9,11,13,16-19H2,1-2H3,(H,27,29). The fourth-order valence-corrected chi connectivity index (χ4v) is 5.78. The Morgan fingerprint density at radius 2 is 1.76 bits per heavy atom. The van der Waals surface area contributed by atoms with E-state index >= 15 is 0 Å². The molecule has 1 aliphatic rings. The van der Waals surface area contributed by atoms with E-state index in [1.165, 1.54) is 0 Å². The number of para-hydroxylation sites is 1. The van der Waals surface area contributed by atoms with Crippen LogP contribution in [0.25, 0.3) is 0 Å². The lowest BCUT2D eigenvalue weighted by Gasteiger charge is -2.26. The van der Waals surface area contributed by atoms with Gasteiger partial charge in [0.05, 0.1) is 18.6 Å². The highest BCUT2D eigenvalue weighted by Crippen LogP contribution is 2.27. The molecule has 0 bridgehead atoms. The second-order valence-electron chi connectivity index (χ2n) is 8.43. The molecule has 1 saturated heterocycles. The first kappa shape index (κ1) is 26.0. The molecule has 1 heterocycles. The van der Waals surface area contributed by atoms with E-state index in [0.717, 1.165) is 49.0 Å². The summed E-state index contributed by atoms with van der Waals surface area (Å²) in [5.74, 6) is 1.42. The van der Waals surface area contributed by atoms with Crippen molar-refractivity contribution in [1.82, 2.24) is 9.62 Å². The second kappa shape index (κ2) is 12.8. The van der Waals surface area contributed by atoms with Crippen LogP contribution in [0.4, 0.5) is 0 Å². The fourth-order valence-electron chi connectivity index (χ4n) is 4.22. The summed E-state index contributed by atoms with van der Waals surface area (Å²) >= 11 is 0. The lowest BCUT2D eigenvalue weighted by atomic mass is 10.1. The van der Waals surface area contributed by atoms with Crippen LogP contribution in [0.5, 0.6) is 11.5 Å². The number of benzene rings is 2. The highest BCUT2D eigenvalue weighted by atomic mass is 32.2. The van der Waals surface area contributed by atoms with Crippen molar-refractivity contribution in [2.45, 2.75) is 56.8 Å². The molecule has 0 aromatic heterocycles. The van der Waals surface area contributed by atoms with E-state index in [-0.39, 0.29) is 17.2 Å². The van der Waals surface area contributed by atoms with Gasteiger partial charge in [0.15, 0.2) is 0 Å². The molecule has 1 aliphatic heterocycles. The SMILES string of the molecule is CCOc1ccccc1CCCNC(=O)CCc1cc(S(=O)(=O)N2CCCCC2)ccc1OC. The van der Waals surface area contributed by atoms with Crippen LogP contribution in [0.3, 0.4) is 0 Å². The van der Waals surface area contributed by atoms with Crippen molar-refractivity contribution >= 4 is 15.9 Å². The van der Waals surface area contributed by atoms with Crippen molar-refractivity contribution in [2.75, 3.05) is 33.4 Å². The Bertz CT molecular complexity index is 1050. The van der Waals surface area contributed by atoms with E-state index in [1.54, 1.807) is 29.6 Å². The second-order valence-corrected chi connectivity index (χ2v) is 10.4. The molecule has 1 amide bonds. The van der Waals surface area contributed by atoms with Crippen molar-refractivity contribution in [3.63, 3.8) is 0 Å². The molecule has 0 aliphatic carbocycles. The molecule has 0 unspecified atom stereocenters. The smallest absolute Gasteiger partial charge is 0.243 e. The minimum absolute atomic E-state index is 0.0653. The topological polar surface area (TPSA) is 84.9 Å². The molecule has 1 fully saturated rings. The van der Waals surface area contributed by atoms with Crippen molar-refractivity contribution < 1.29 is 22.7 Å². The predicted octanol–water partition coefficient (Wildman–Crippen LogP) is 3.95. The number of carbonyl (C=O) groups excluding carboxylic acids is 1. The van der Waals surface area contributed by atoms with Gasteiger partial charge >= 0.3 is 0 Å². The van der Waals surface area contributed by atoms with Crippen LogP contribution in [0.15, 0.2) is 47.4 Å². The Morgan fingerprint density at radius 3 is 2.50 bits per heavy atom. The quantitative estimate of drug-likeness (QED) is 0.457. The molecule has 0 saturated carbocycles. The van der Waals surface area contributed by atoms with Crippen LogP contribution < -0.4 is 14.8 Å². The first-order valence-corrected chi connectivity index (χ1v) is 13.5. The van der Waals surface area contributed by atoms with Crippen LogP contribution in [0.1, 0.15) is 50.2 Å². The first-order valence-electron chi connectivity index (χ1n) is 12.1. The minimum Gasteiger partial charge on any atom is -0.496 e. The van der Waals surface area contributed by atoms with Gasteiger partial charge in [0.2, 0.25) is 15.9 Å². The van der Waals surface area contributed by atoms with Gasteiger partial charge in [0.25, 0.3) is 0 Å². The van der Waals surface area contributed by atoms with E-state index in [1.807, 2.05) is 31.2 Å². The van der Waals surface area contributed by atoms with Gasteiger partial charge in [-0.15, -0.1) is 0 Å². The summed E-state index contributed by atoms with van der Waals surface area (Å²) in [7, 11) is -1.98.